The highest BCUT2D eigenvalue weighted by molar-refractivity contribution is 7.14. The maximum absolute atomic E-state index is 13.1. The van der Waals surface area contributed by atoms with Crippen molar-refractivity contribution in [2.24, 2.45) is 0 Å². The second kappa shape index (κ2) is 7.82. The number of thiophene rings is 1. The first-order chi connectivity index (χ1) is 13.8. The van der Waals surface area contributed by atoms with Crippen LogP contribution >= 0.6 is 34.5 Å². The SMILES string of the molecule is CC1(C(=O)O)CCCN1C(=O)c1cc(C2CC2)c(COc2cc(Cl)cc(Cl)c2)s1. The smallest absolute Gasteiger partial charge is 0.329 e. The third-order valence-corrected chi connectivity index (χ3v) is 7.17. The molecule has 29 heavy (non-hydrogen) atoms. The number of hydrogen-bond acceptors (Lipinski definition) is 4. The average Bonchev–Trinajstić information content (AvgIpc) is 3.28. The lowest BCUT2D eigenvalue weighted by atomic mass is 9.99. The number of likely N-dealkylation sites (tertiary alicyclic amines) is 1. The van der Waals surface area contributed by atoms with Gasteiger partial charge in [0.25, 0.3) is 5.91 Å². The first-order valence-electron chi connectivity index (χ1n) is 9.55. The van der Waals surface area contributed by atoms with Crippen molar-refractivity contribution in [2.75, 3.05) is 6.54 Å². The molecule has 0 spiro atoms. The van der Waals surface area contributed by atoms with Crippen molar-refractivity contribution in [1.29, 1.82) is 0 Å². The Morgan fingerprint density at radius 1 is 1.24 bits per heavy atom. The van der Waals surface area contributed by atoms with E-state index in [-0.39, 0.29) is 5.91 Å². The fourth-order valence-corrected chi connectivity index (χ4v) is 5.42. The van der Waals surface area contributed by atoms with E-state index in [1.54, 1.807) is 25.1 Å². The molecule has 1 N–H and O–H groups in total. The molecule has 2 fully saturated rings. The topological polar surface area (TPSA) is 66.8 Å². The van der Waals surface area contributed by atoms with E-state index in [4.69, 9.17) is 27.9 Å². The van der Waals surface area contributed by atoms with Gasteiger partial charge in [0, 0.05) is 21.5 Å². The zero-order valence-electron chi connectivity index (χ0n) is 15.9. The monoisotopic (exact) mass is 453 g/mol. The largest absolute Gasteiger partial charge is 0.488 e. The summed E-state index contributed by atoms with van der Waals surface area (Å²) in [6.07, 6.45) is 3.36. The summed E-state index contributed by atoms with van der Waals surface area (Å²) in [6.45, 7) is 2.41. The molecule has 1 aromatic heterocycles. The molecule has 5 nitrogen and oxygen atoms in total. The highest BCUT2D eigenvalue weighted by Crippen LogP contribution is 2.45. The van der Waals surface area contributed by atoms with Gasteiger partial charge in [0.2, 0.25) is 0 Å². The van der Waals surface area contributed by atoms with Crippen LogP contribution < -0.4 is 4.74 Å². The maximum atomic E-state index is 13.1. The summed E-state index contributed by atoms with van der Waals surface area (Å²) in [6, 6.07) is 6.97. The van der Waals surface area contributed by atoms with Gasteiger partial charge in [-0.15, -0.1) is 11.3 Å². The van der Waals surface area contributed by atoms with Crippen LogP contribution in [0.2, 0.25) is 10.0 Å². The third kappa shape index (κ3) is 4.11. The highest BCUT2D eigenvalue weighted by Gasteiger charge is 2.46. The Hall–Kier alpha value is -1.76. The number of carbonyl (C=O) groups is 2. The van der Waals surface area contributed by atoms with Crippen LogP contribution in [0.3, 0.4) is 0 Å². The Kier molecular flexibility index (Phi) is 5.53. The quantitative estimate of drug-likeness (QED) is 0.618. The minimum absolute atomic E-state index is 0.212. The summed E-state index contributed by atoms with van der Waals surface area (Å²) in [5.74, 6) is -0.151. The van der Waals surface area contributed by atoms with E-state index < -0.39 is 11.5 Å². The van der Waals surface area contributed by atoms with Crippen LogP contribution in [0.1, 0.15) is 58.6 Å². The molecule has 1 unspecified atom stereocenters. The van der Waals surface area contributed by atoms with E-state index >= 15 is 0 Å². The third-order valence-electron chi connectivity index (χ3n) is 5.62. The van der Waals surface area contributed by atoms with Crippen LogP contribution in [0.4, 0.5) is 0 Å². The predicted octanol–water partition coefficient (Wildman–Crippen LogP) is 5.59. The number of carbonyl (C=O) groups excluding carboxylic acids is 1. The van der Waals surface area contributed by atoms with E-state index in [2.05, 4.69) is 0 Å². The molecule has 0 bridgehead atoms. The number of aliphatic carboxylic acids is 1. The summed E-state index contributed by atoms with van der Waals surface area (Å²) in [4.78, 5) is 27.9. The van der Waals surface area contributed by atoms with Crippen molar-refractivity contribution in [3.63, 3.8) is 0 Å². The Labute approximate surface area is 183 Å². The van der Waals surface area contributed by atoms with Crippen LogP contribution in [0.5, 0.6) is 5.75 Å². The summed E-state index contributed by atoms with van der Waals surface area (Å²) in [7, 11) is 0. The van der Waals surface area contributed by atoms with E-state index in [9.17, 15) is 14.7 Å². The number of ether oxygens (including phenoxy) is 1. The molecule has 1 aromatic carbocycles. The van der Waals surface area contributed by atoms with Crippen molar-refractivity contribution in [3.05, 3.63) is 49.6 Å². The number of nitrogens with zero attached hydrogens (tertiary/aromatic N) is 1. The number of hydrogen-bond donors (Lipinski definition) is 1. The van der Waals surface area contributed by atoms with Crippen molar-refractivity contribution >= 4 is 46.4 Å². The highest BCUT2D eigenvalue weighted by atomic mass is 35.5. The van der Waals surface area contributed by atoms with Gasteiger partial charge in [0.15, 0.2) is 0 Å². The van der Waals surface area contributed by atoms with Crippen LogP contribution in [0.25, 0.3) is 0 Å². The summed E-state index contributed by atoms with van der Waals surface area (Å²) in [5.41, 5.74) is -0.0163. The van der Waals surface area contributed by atoms with Gasteiger partial charge >= 0.3 is 5.97 Å². The Morgan fingerprint density at radius 3 is 2.55 bits per heavy atom. The lowest BCUT2D eigenvalue weighted by Gasteiger charge is -2.30. The molecule has 2 aromatic rings. The molecule has 1 atom stereocenters. The molecule has 1 saturated carbocycles. The molecule has 8 heteroatoms. The molecular weight excluding hydrogens is 433 g/mol. The van der Waals surface area contributed by atoms with Gasteiger partial charge in [-0.2, -0.15) is 0 Å². The first kappa shape index (κ1) is 20.5. The molecule has 2 heterocycles. The molecule has 1 amide bonds. The molecule has 154 valence electrons. The van der Waals surface area contributed by atoms with Gasteiger partial charge < -0.3 is 14.7 Å². The van der Waals surface area contributed by atoms with Crippen LogP contribution in [-0.2, 0) is 11.4 Å². The van der Waals surface area contributed by atoms with Crippen molar-refractivity contribution in [1.82, 2.24) is 4.90 Å². The van der Waals surface area contributed by atoms with E-state index in [0.29, 0.717) is 52.6 Å². The van der Waals surface area contributed by atoms with Gasteiger partial charge in [-0.25, -0.2) is 4.79 Å². The lowest BCUT2D eigenvalue weighted by molar-refractivity contribution is -0.147. The molecule has 0 radical (unpaired) electrons. The zero-order valence-corrected chi connectivity index (χ0v) is 18.2. The zero-order chi connectivity index (χ0) is 20.8. The van der Waals surface area contributed by atoms with Crippen molar-refractivity contribution in [2.45, 2.75) is 50.7 Å². The van der Waals surface area contributed by atoms with Crippen LogP contribution in [-0.4, -0.2) is 34.0 Å². The molecule has 4 rings (SSSR count). The molecule has 1 saturated heterocycles. The first-order valence-corrected chi connectivity index (χ1v) is 11.1. The van der Waals surface area contributed by atoms with Crippen molar-refractivity contribution < 1.29 is 19.4 Å². The van der Waals surface area contributed by atoms with E-state index in [1.165, 1.54) is 16.2 Å². The second-order valence-corrected chi connectivity index (χ2v) is 9.81. The fourth-order valence-electron chi connectivity index (χ4n) is 3.81. The minimum Gasteiger partial charge on any atom is -0.488 e. The number of amides is 1. The Bertz CT molecular complexity index is 951. The number of halogens is 2. The number of carboxylic acids is 1. The lowest BCUT2D eigenvalue weighted by Crippen LogP contribution is -2.50. The summed E-state index contributed by atoms with van der Waals surface area (Å²) >= 11 is 13.5. The standard InChI is InChI=1S/C21H21Cl2NO4S/c1-21(20(26)27)5-2-6-24(21)19(25)17-10-16(12-3-4-12)18(29-17)11-28-15-8-13(22)7-14(23)9-15/h7-10,12H,2-6,11H2,1H3,(H,26,27). The van der Waals surface area contributed by atoms with Crippen LogP contribution in [0.15, 0.2) is 24.3 Å². The molecule has 1 aliphatic carbocycles. The van der Waals surface area contributed by atoms with Gasteiger partial charge in [-0.3, -0.25) is 4.79 Å². The van der Waals surface area contributed by atoms with Gasteiger partial charge in [0.05, 0.1) is 4.88 Å². The second-order valence-electron chi connectivity index (χ2n) is 7.80. The Balaban J connectivity index is 1.57. The fraction of sp³-hybridized carbons (Fsp3) is 0.429. The molecule has 2 aliphatic rings. The normalized spacial score (nSPS) is 21.4. The number of rotatable bonds is 6. The molecular formula is C21H21Cl2NO4S. The van der Waals surface area contributed by atoms with Gasteiger partial charge in [-0.1, -0.05) is 23.2 Å². The van der Waals surface area contributed by atoms with Crippen molar-refractivity contribution in [3.8, 4) is 5.75 Å². The minimum atomic E-state index is -1.14. The van der Waals surface area contributed by atoms with Crippen LogP contribution in [0, 0.1) is 0 Å². The number of carboxylic acid groups (broad SMARTS) is 1. The summed E-state index contributed by atoms with van der Waals surface area (Å²) < 4.78 is 5.89. The van der Waals surface area contributed by atoms with E-state index in [1.807, 2.05) is 6.07 Å². The Morgan fingerprint density at radius 2 is 1.93 bits per heavy atom. The van der Waals surface area contributed by atoms with E-state index in [0.717, 1.165) is 23.3 Å². The maximum Gasteiger partial charge on any atom is 0.329 e. The summed E-state index contributed by atoms with van der Waals surface area (Å²) in [5, 5.41) is 10.6. The van der Waals surface area contributed by atoms with Gasteiger partial charge in [0.1, 0.15) is 17.9 Å². The number of benzene rings is 1. The predicted molar refractivity (Wildman–Crippen MR) is 113 cm³/mol. The molecule has 1 aliphatic heterocycles. The average molecular weight is 454 g/mol. The van der Waals surface area contributed by atoms with Gasteiger partial charge in [-0.05, 0) is 68.4 Å².